The Morgan fingerprint density at radius 1 is 1.12 bits per heavy atom. The lowest BCUT2D eigenvalue weighted by Gasteiger charge is -2.17. The molecule has 10 heteroatoms. The summed E-state index contributed by atoms with van der Waals surface area (Å²) in [6.07, 6.45) is 6.23. The van der Waals surface area contributed by atoms with Gasteiger partial charge in [-0.3, -0.25) is 14.5 Å². The van der Waals surface area contributed by atoms with Crippen molar-refractivity contribution >= 4 is 39.7 Å². The minimum Gasteiger partial charge on any atom is -0.397 e. The highest BCUT2D eigenvalue weighted by Crippen LogP contribution is 2.34. The lowest BCUT2D eigenvalue weighted by molar-refractivity contribution is 0.102. The Balaban J connectivity index is 1.02. The van der Waals surface area contributed by atoms with Gasteiger partial charge in [0.25, 0.3) is 11.5 Å². The van der Waals surface area contributed by atoms with Crippen LogP contribution in [0.2, 0.25) is 0 Å². The van der Waals surface area contributed by atoms with Gasteiger partial charge in [-0.05, 0) is 65.6 Å². The van der Waals surface area contributed by atoms with E-state index < -0.39 is 0 Å². The normalized spacial score (nSPS) is 19.4. The van der Waals surface area contributed by atoms with Crippen molar-refractivity contribution in [3.8, 4) is 10.4 Å². The van der Waals surface area contributed by atoms with Gasteiger partial charge in [-0.1, -0.05) is 44.0 Å². The summed E-state index contributed by atoms with van der Waals surface area (Å²) in [5, 5.41) is 10.1. The van der Waals surface area contributed by atoms with Crippen LogP contribution in [-0.4, -0.2) is 43.6 Å². The van der Waals surface area contributed by atoms with E-state index in [9.17, 15) is 9.59 Å². The number of carbonyl (C=O) groups is 1. The third-order valence-corrected chi connectivity index (χ3v) is 9.84. The van der Waals surface area contributed by atoms with Crippen molar-refractivity contribution in [3.63, 3.8) is 0 Å². The molecule has 2 aliphatic rings. The average Bonchev–Trinajstić information content (AvgIpc) is 3.82. The molecule has 2 unspecified atom stereocenters. The predicted octanol–water partition coefficient (Wildman–Crippen LogP) is 6.03. The van der Waals surface area contributed by atoms with Gasteiger partial charge in [0.2, 0.25) is 0 Å². The molecule has 4 heterocycles. The van der Waals surface area contributed by atoms with Crippen LogP contribution in [0.15, 0.2) is 71.0 Å². The number of carbonyl (C=O) groups excluding carboxylic acids is 1. The zero-order chi connectivity index (χ0) is 29.5. The number of aromatic amines is 1. The summed E-state index contributed by atoms with van der Waals surface area (Å²) in [4.78, 5) is 37.6. The van der Waals surface area contributed by atoms with Crippen molar-refractivity contribution in [2.75, 3.05) is 24.1 Å². The quantitative estimate of drug-likeness (QED) is 0.198. The second-order valence-corrected chi connectivity index (χ2v) is 12.9. The maximum absolute atomic E-state index is 13.1. The fourth-order valence-electron chi connectivity index (χ4n) is 6.57. The molecule has 4 N–H and O–H groups in total. The van der Waals surface area contributed by atoms with E-state index in [-0.39, 0.29) is 17.4 Å². The second kappa shape index (κ2) is 11.4. The summed E-state index contributed by atoms with van der Waals surface area (Å²) in [6.45, 7) is 4.67. The molecule has 0 bridgehead atoms. The maximum Gasteiger partial charge on any atom is 0.262 e. The number of nitrogen functional groups attached to an aromatic ring is 1. The van der Waals surface area contributed by atoms with Gasteiger partial charge in [0, 0.05) is 36.0 Å². The molecular weight excluding hydrogens is 558 g/mol. The Morgan fingerprint density at radius 2 is 1.93 bits per heavy atom. The van der Waals surface area contributed by atoms with E-state index in [1.54, 1.807) is 17.5 Å². The van der Waals surface area contributed by atoms with E-state index in [1.165, 1.54) is 12.8 Å². The minimum absolute atomic E-state index is 0.108. The molecule has 3 aromatic heterocycles. The van der Waals surface area contributed by atoms with E-state index in [1.807, 2.05) is 64.7 Å². The highest BCUT2D eigenvalue weighted by Gasteiger charge is 2.33. The minimum atomic E-state index is -0.196. The fourth-order valence-corrected chi connectivity index (χ4v) is 7.30. The monoisotopic (exact) mass is 593 g/mol. The second-order valence-electron chi connectivity index (χ2n) is 11.9. The summed E-state index contributed by atoms with van der Waals surface area (Å²) < 4.78 is 1.98. The lowest BCUT2D eigenvalue weighted by Crippen LogP contribution is -2.22. The van der Waals surface area contributed by atoms with Crippen LogP contribution in [0.25, 0.3) is 21.5 Å². The molecule has 1 amide bonds. The van der Waals surface area contributed by atoms with Gasteiger partial charge in [0.15, 0.2) is 5.65 Å². The molecule has 7 rings (SSSR count). The number of nitrogens with one attached hydrogen (secondary N) is 2. The molecule has 1 aliphatic heterocycles. The molecule has 2 atom stereocenters. The summed E-state index contributed by atoms with van der Waals surface area (Å²) >= 11 is 1.65. The average molecular weight is 594 g/mol. The SMILES string of the molecule is CC1CN(Cc2ccc(C(=O)Nc3cc(-c4cccs4)ccc3N)cc2)CC1c1nc2c(cnn2C2CCCC2)c(=O)[nH]1. The van der Waals surface area contributed by atoms with E-state index in [4.69, 9.17) is 10.7 Å². The Morgan fingerprint density at radius 3 is 2.70 bits per heavy atom. The highest BCUT2D eigenvalue weighted by molar-refractivity contribution is 7.13. The molecular formula is C33H35N7O2S. The number of hydrogen-bond acceptors (Lipinski definition) is 7. The number of likely N-dealkylation sites (tertiary alicyclic amines) is 1. The number of H-pyrrole nitrogens is 1. The van der Waals surface area contributed by atoms with Crippen LogP contribution < -0.4 is 16.6 Å². The molecule has 220 valence electrons. The number of benzene rings is 2. The molecule has 1 aliphatic carbocycles. The van der Waals surface area contributed by atoms with Crippen molar-refractivity contribution in [2.24, 2.45) is 5.92 Å². The van der Waals surface area contributed by atoms with E-state index in [2.05, 4.69) is 27.2 Å². The van der Waals surface area contributed by atoms with Crippen molar-refractivity contribution in [1.29, 1.82) is 0 Å². The number of amides is 1. The third-order valence-electron chi connectivity index (χ3n) is 8.92. The first kappa shape index (κ1) is 27.5. The summed E-state index contributed by atoms with van der Waals surface area (Å²) in [7, 11) is 0. The molecule has 2 aromatic carbocycles. The summed E-state index contributed by atoms with van der Waals surface area (Å²) in [5.74, 6) is 1.02. The van der Waals surface area contributed by atoms with Gasteiger partial charge < -0.3 is 16.0 Å². The number of fused-ring (bicyclic) bond motifs is 1. The van der Waals surface area contributed by atoms with Gasteiger partial charge in [0.05, 0.1) is 23.6 Å². The van der Waals surface area contributed by atoms with Crippen LogP contribution >= 0.6 is 11.3 Å². The smallest absolute Gasteiger partial charge is 0.262 e. The van der Waals surface area contributed by atoms with Crippen molar-refractivity contribution < 1.29 is 4.79 Å². The lowest BCUT2D eigenvalue weighted by atomic mass is 9.97. The molecule has 1 saturated carbocycles. The number of rotatable bonds is 7. The van der Waals surface area contributed by atoms with Crippen LogP contribution in [0.5, 0.6) is 0 Å². The molecule has 2 fully saturated rings. The van der Waals surface area contributed by atoms with Gasteiger partial charge in [0.1, 0.15) is 11.2 Å². The van der Waals surface area contributed by atoms with Gasteiger partial charge in [-0.15, -0.1) is 11.3 Å². The van der Waals surface area contributed by atoms with Gasteiger partial charge in [-0.25, -0.2) is 9.67 Å². The molecule has 0 spiro atoms. The number of anilines is 2. The van der Waals surface area contributed by atoms with Crippen molar-refractivity contribution in [1.82, 2.24) is 24.6 Å². The molecule has 0 radical (unpaired) electrons. The van der Waals surface area contributed by atoms with Crippen LogP contribution in [-0.2, 0) is 6.54 Å². The molecule has 5 aromatic rings. The highest BCUT2D eigenvalue weighted by atomic mass is 32.1. The first-order valence-corrected chi connectivity index (χ1v) is 15.8. The summed E-state index contributed by atoms with van der Waals surface area (Å²) in [5.41, 5.74) is 10.6. The van der Waals surface area contributed by atoms with E-state index in [0.29, 0.717) is 39.9 Å². The third kappa shape index (κ3) is 5.48. The van der Waals surface area contributed by atoms with Crippen LogP contribution in [0.4, 0.5) is 11.4 Å². The molecule has 9 nitrogen and oxygen atoms in total. The number of thiophene rings is 1. The fraction of sp³-hybridized carbons (Fsp3) is 0.333. The van der Waals surface area contributed by atoms with Crippen LogP contribution in [0.1, 0.15) is 66.3 Å². The Bertz CT molecular complexity index is 1820. The molecule has 43 heavy (non-hydrogen) atoms. The van der Waals surface area contributed by atoms with E-state index >= 15 is 0 Å². The number of aromatic nitrogens is 4. The Labute approximate surface area is 253 Å². The topological polar surface area (TPSA) is 122 Å². The Kier molecular flexibility index (Phi) is 7.32. The largest absolute Gasteiger partial charge is 0.397 e. The molecule has 1 saturated heterocycles. The first-order chi connectivity index (χ1) is 20.9. The predicted molar refractivity (Wildman–Crippen MR) is 171 cm³/mol. The zero-order valence-electron chi connectivity index (χ0n) is 24.1. The first-order valence-electron chi connectivity index (χ1n) is 15.0. The van der Waals surface area contributed by atoms with Gasteiger partial charge in [-0.2, -0.15) is 5.10 Å². The zero-order valence-corrected chi connectivity index (χ0v) is 24.9. The van der Waals surface area contributed by atoms with Crippen LogP contribution in [0, 0.1) is 5.92 Å². The van der Waals surface area contributed by atoms with E-state index in [0.717, 1.165) is 54.3 Å². The van der Waals surface area contributed by atoms with Crippen molar-refractivity contribution in [3.05, 3.63) is 93.5 Å². The number of nitrogens with zero attached hydrogens (tertiary/aromatic N) is 4. The number of hydrogen-bond donors (Lipinski definition) is 3. The van der Waals surface area contributed by atoms with Crippen LogP contribution in [0.3, 0.4) is 0 Å². The van der Waals surface area contributed by atoms with Crippen molar-refractivity contribution in [2.45, 2.75) is 51.1 Å². The Hall–Kier alpha value is -4.28. The number of nitrogens with two attached hydrogens (primary N) is 1. The standard InChI is InChI=1S/C33H35N7O2S/c1-20-17-39(19-26(20)30-37-31-25(33(42)38-30)16-35-40(31)24-5-2-3-6-24)18-21-8-10-22(11-9-21)32(41)36-28-15-23(12-13-27(28)34)29-7-4-14-43-29/h4,7-16,20,24,26H,2-3,5-6,17-19,34H2,1H3,(H,36,41)(H,37,38,42). The summed E-state index contributed by atoms with van der Waals surface area (Å²) in [6, 6.07) is 17.8. The van der Waals surface area contributed by atoms with Gasteiger partial charge >= 0.3 is 0 Å². The maximum atomic E-state index is 13.1.